The fourth-order valence-electron chi connectivity index (χ4n) is 14.3. The third-order valence-electron chi connectivity index (χ3n) is 17.6. The number of nitrogens with zero attached hydrogens (tertiary/aromatic N) is 3. The fraction of sp³-hybridized carbons (Fsp3) is 0.294. The molecule has 8 aromatic carbocycles. The van der Waals surface area contributed by atoms with Gasteiger partial charge < -0.3 is 19.1 Å². The Balaban J connectivity index is 1.15. The van der Waals surface area contributed by atoms with Crippen LogP contribution in [0.2, 0.25) is 0 Å². The van der Waals surface area contributed by atoms with Crippen LogP contribution in [0.1, 0.15) is 129 Å². The largest absolute Gasteiger partial charge is 0.456 e. The number of hydrogen-bond acceptors (Lipinski definition) is 4. The maximum Gasteiger partial charge on any atom is 0.252 e. The van der Waals surface area contributed by atoms with Crippen molar-refractivity contribution in [1.82, 2.24) is 0 Å². The third kappa shape index (κ3) is 6.86. The number of aryl methyl sites for hydroxylation is 1. The lowest BCUT2D eigenvalue weighted by Crippen LogP contribution is -2.61. The second-order valence-corrected chi connectivity index (χ2v) is 25.7. The van der Waals surface area contributed by atoms with Gasteiger partial charge in [-0.1, -0.05) is 149 Å². The van der Waals surface area contributed by atoms with Gasteiger partial charge in [0.05, 0.1) is 5.69 Å². The molecule has 364 valence electrons. The molecule has 0 N–H and O–H groups in total. The van der Waals surface area contributed by atoms with Gasteiger partial charge in [-0.05, 0) is 182 Å². The van der Waals surface area contributed by atoms with Crippen molar-refractivity contribution < 1.29 is 4.42 Å². The Kier molecular flexibility index (Phi) is 9.75. The number of anilines is 9. The molecule has 2 aliphatic carbocycles. The van der Waals surface area contributed by atoms with Gasteiger partial charge in [-0.3, -0.25) is 0 Å². The zero-order valence-electron chi connectivity index (χ0n) is 45.0. The summed E-state index contributed by atoms with van der Waals surface area (Å²) in [6.45, 7) is 29.0. The first-order valence-electron chi connectivity index (χ1n) is 26.8. The third-order valence-corrected chi connectivity index (χ3v) is 17.6. The standard InChI is InChI=1S/C68H68BN3O/c1-42-35-58-62-59(36-42)72(55-32-29-48-47-25-19-20-26-60(47)73-63(48)61(55)64(2,3)4)56-38-46(70(43-21-15-13-16-22-43)44-23-17-14-18-24-44)28-31-53(56)69(62)54-39-51-52(68(11,12)41-67(51,9)10)40-57(54)71(58)45-27-30-49-50(37-45)66(7,8)34-33-65(49,5)6/h13-32,35-40H,33-34,41H2,1-12H3. The Hall–Kier alpha value is -6.98. The molecular weight excluding hydrogens is 886 g/mol. The molecule has 4 nitrogen and oxygen atoms in total. The van der Waals surface area contributed by atoms with E-state index in [0.29, 0.717) is 0 Å². The van der Waals surface area contributed by atoms with Crippen LogP contribution in [0, 0.1) is 6.92 Å². The van der Waals surface area contributed by atoms with Gasteiger partial charge in [0.25, 0.3) is 6.71 Å². The molecule has 0 amide bonds. The lowest BCUT2D eigenvalue weighted by molar-refractivity contribution is 0.332. The SMILES string of the molecule is Cc1cc2c3c(c1)N(c1ccc4c(oc5ccccc54)c1C(C)(C)C)c1cc(N(c4ccccc4)c4ccccc4)ccc1B3c1cc3c(cc1N2c1ccc2c(c1)C(C)(C)CCC2(C)C)C(C)(C)CC3(C)C. The maximum atomic E-state index is 7.03. The summed E-state index contributed by atoms with van der Waals surface area (Å²) in [5, 5.41) is 2.30. The van der Waals surface area contributed by atoms with Crippen LogP contribution in [0.5, 0.6) is 0 Å². The molecule has 3 heterocycles. The van der Waals surface area contributed by atoms with Crippen LogP contribution in [0.25, 0.3) is 21.9 Å². The highest BCUT2D eigenvalue weighted by Crippen LogP contribution is 2.55. The number of rotatable bonds is 5. The first kappa shape index (κ1) is 45.9. The predicted molar refractivity (Wildman–Crippen MR) is 312 cm³/mol. The van der Waals surface area contributed by atoms with E-state index in [0.717, 1.165) is 57.5 Å². The van der Waals surface area contributed by atoms with E-state index in [1.807, 2.05) is 0 Å². The molecule has 73 heavy (non-hydrogen) atoms. The van der Waals surface area contributed by atoms with Crippen molar-refractivity contribution in [1.29, 1.82) is 0 Å². The maximum absolute atomic E-state index is 7.03. The minimum Gasteiger partial charge on any atom is -0.456 e. The Morgan fingerprint density at radius 2 is 1.07 bits per heavy atom. The summed E-state index contributed by atoms with van der Waals surface area (Å²) in [5.74, 6) is 0. The zero-order valence-corrected chi connectivity index (χ0v) is 45.0. The number of furan rings is 1. The van der Waals surface area contributed by atoms with E-state index < -0.39 is 0 Å². The van der Waals surface area contributed by atoms with Crippen molar-refractivity contribution in [2.45, 2.75) is 129 Å². The van der Waals surface area contributed by atoms with E-state index in [2.05, 4.69) is 256 Å². The molecule has 0 spiro atoms. The number of fused-ring (bicyclic) bond motifs is 9. The van der Waals surface area contributed by atoms with E-state index in [-0.39, 0.29) is 33.8 Å². The fourth-order valence-corrected chi connectivity index (χ4v) is 14.3. The van der Waals surface area contributed by atoms with Crippen LogP contribution in [0.3, 0.4) is 0 Å². The van der Waals surface area contributed by atoms with Crippen LogP contribution in [0.15, 0.2) is 162 Å². The van der Waals surface area contributed by atoms with Crippen molar-refractivity contribution in [3.8, 4) is 0 Å². The molecule has 0 atom stereocenters. The van der Waals surface area contributed by atoms with Crippen LogP contribution in [0.4, 0.5) is 51.2 Å². The van der Waals surface area contributed by atoms with E-state index in [4.69, 9.17) is 4.42 Å². The average Bonchev–Trinajstić information content (AvgIpc) is 3.82. The molecule has 0 saturated heterocycles. The Morgan fingerprint density at radius 1 is 0.479 bits per heavy atom. The molecule has 0 fully saturated rings. The first-order valence-corrected chi connectivity index (χ1v) is 26.8. The predicted octanol–water partition coefficient (Wildman–Crippen LogP) is 17.1. The van der Waals surface area contributed by atoms with Crippen LogP contribution >= 0.6 is 0 Å². The van der Waals surface area contributed by atoms with Gasteiger partial charge in [-0.15, -0.1) is 0 Å². The smallest absolute Gasteiger partial charge is 0.252 e. The minimum atomic E-state index is -0.289. The highest BCUT2D eigenvalue weighted by atomic mass is 16.3. The summed E-state index contributed by atoms with van der Waals surface area (Å²) in [5.41, 5.74) is 24.8. The van der Waals surface area contributed by atoms with Gasteiger partial charge in [0.15, 0.2) is 0 Å². The summed E-state index contributed by atoms with van der Waals surface area (Å²) in [6, 6.07) is 60.0. The Bertz CT molecular complexity index is 3700. The quantitative estimate of drug-likeness (QED) is 0.160. The highest BCUT2D eigenvalue weighted by molar-refractivity contribution is 7.00. The van der Waals surface area contributed by atoms with Crippen molar-refractivity contribution in [2.24, 2.45) is 0 Å². The lowest BCUT2D eigenvalue weighted by Gasteiger charge is -2.46. The normalized spacial score (nSPS) is 17.5. The molecule has 2 aliphatic heterocycles. The van der Waals surface area contributed by atoms with Crippen molar-refractivity contribution in [3.63, 3.8) is 0 Å². The summed E-state index contributed by atoms with van der Waals surface area (Å²) in [7, 11) is 0. The van der Waals surface area contributed by atoms with E-state index in [1.54, 1.807) is 0 Å². The first-order chi connectivity index (χ1) is 34.7. The number of para-hydroxylation sites is 3. The molecule has 0 unspecified atom stereocenters. The Morgan fingerprint density at radius 3 is 1.74 bits per heavy atom. The number of benzene rings is 8. The molecular formula is C68H68BN3O. The van der Waals surface area contributed by atoms with Crippen LogP contribution in [-0.2, 0) is 27.1 Å². The van der Waals surface area contributed by atoms with Crippen molar-refractivity contribution in [3.05, 3.63) is 191 Å². The van der Waals surface area contributed by atoms with Crippen LogP contribution < -0.4 is 31.1 Å². The van der Waals surface area contributed by atoms with E-state index in [1.165, 1.54) is 84.6 Å². The molecule has 0 bridgehead atoms. The zero-order chi connectivity index (χ0) is 50.7. The van der Waals surface area contributed by atoms with Gasteiger partial charge in [0, 0.05) is 61.8 Å². The molecule has 4 aliphatic rings. The summed E-state index contributed by atoms with van der Waals surface area (Å²) in [4.78, 5) is 7.72. The van der Waals surface area contributed by atoms with Crippen molar-refractivity contribution in [2.75, 3.05) is 14.7 Å². The molecule has 0 radical (unpaired) electrons. The topological polar surface area (TPSA) is 22.9 Å². The molecule has 9 aromatic rings. The van der Waals surface area contributed by atoms with Crippen LogP contribution in [-0.4, -0.2) is 6.71 Å². The number of hydrogen-bond donors (Lipinski definition) is 0. The lowest BCUT2D eigenvalue weighted by atomic mass is 9.33. The van der Waals surface area contributed by atoms with E-state index in [9.17, 15) is 0 Å². The minimum absolute atomic E-state index is 0.0133. The van der Waals surface area contributed by atoms with Gasteiger partial charge in [0.2, 0.25) is 0 Å². The van der Waals surface area contributed by atoms with Gasteiger partial charge in [-0.2, -0.15) is 0 Å². The molecule has 5 heteroatoms. The van der Waals surface area contributed by atoms with Gasteiger partial charge in [0.1, 0.15) is 11.2 Å². The second-order valence-electron chi connectivity index (χ2n) is 25.7. The molecule has 0 saturated carbocycles. The van der Waals surface area contributed by atoms with Crippen molar-refractivity contribution >= 4 is 96.2 Å². The molecule has 13 rings (SSSR count). The monoisotopic (exact) mass is 954 g/mol. The van der Waals surface area contributed by atoms with Gasteiger partial charge in [-0.25, -0.2) is 0 Å². The second kappa shape index (κ2) is 15.5. The summed E-state index contributed by atoms with van der Waals surface area (Å²) < 4.78 is 7.03. The van der Waals surface area contributed by atoms with Gasteiger partial charge >= 0.3 is 0 Å². The highest BCUT2D eigenvalue weighted by Gasteiger charge is 2.49. The summed E-state index contributed by atoms with van der Waals surface area (Å²) in [6.07, 6.45) is 3.45. The molecule has 1 aromatic heterocycles. The average molecular weight is 954 g/mol. The summed E-state index contributed by atoms with van der Waals surface area (Å²) >= 11 is 0. The van der Waals surface area contributed by atoms with E-state index >= 15 is 0 Å². The Labute approximate surface area is 433 Å².